The number of rotatable bonds is 4. The Labute approximate surface area is 94.0 Å². The van der Waals surface area contributed by atoms with E-state index in [2.05, 4.69) is 4.90 Å². The summed E-state index contributed by atoms with van der Waals surface area (Å²) in [4.78, 5) is 12.6. The predicted molar refractivity (Wildman–Crippen MR) is 62.0 cm³/mol. The van der Waals surface area contributed by atoms with Crippen molar-refractivity contribution in [3.63, 3.8) is 0 Å². The fourth-order valence-electron chi connectivity index (χ4n) is 1.68. The molecule has 1 saturated heterocycles. The zero-order chi connectivity index (χ0) is 11.5. The highest BCUT2D eigenvalue weighted by molar-refractivity contribution is 5.75. The van der Waals surface area contributed by atoms with E-state index in [1.807, 2.05) is 24.3 Å². The minimum absolute atomic E-state index is 0.00453. The van der Waals surface area contributed by atoms with Gasteiger partial charge in [0.1, 0.15) is 6.61 Å². The van der Waals surface area contributed by atoms with E-state index in [0.717, 1.165) is 24.5 Å². The van der Waals surface area contributed by atoms with E-state index in [1.54, 1.807) is 0 Å². The Balaban J connectivity index is 1.82. The summed E-state index contributed by atoms with van der Waals surface area (Å²) in [5.41, 5.74) is 12.5. The van der Waals surface area contributed by atoms with Crippen LogP contribution in [0, 0.1) is 0 Å². The molecule has 0 aliphatic carbocycles. The Bertz CT molecular complexity index is 389. The van der Waals surface area contributed by atoms with Gasteiger partial charge in [0.2, 0.25) is 5.91 Å². The zero-order valence-electron chi connectivity index (χ0n) is 8.93. The smallest absolute Gasteiger partial charge is 0.243 e. The van der Waals surface area contributed by atoms with Gasteiger partial charge >= 0.3 is 0 Å². The Morgan fingerprint density at radius 3 is 2.88 bits per heavy atom. The van der Waals surface area contributed by atoms with Crippen LogP contribution in [0.4, 0.5) is 11.4 Å². The van der Waals surface area contributed by atoms with Gasteiger partial charge in [-0.3, -0.25) is 4.79 Å². The van der Waals surface area contributed by atoms with Crippen LogP contribution in [0.5, 0.6) is 0 Å². The number of hydrogen-bond donors (Lipinski definition) is 2. The summed E-state index contributed by atoms with van der Waals surface area (Å²) in [5, 5.41) is 0. The second kappa shape index (κ2) is 4.40. The monoisotopic (exact) mass is 221 g/mol. The van der Waals surface area contributed by atoms with E-state index >= 15 is 0 Å². The summed E-state index contributed by atoms with van der Waals surface area (Å²) in [6.45, 7) is 1.54. The van der Waals surface area contributed by atoms with Crippen molar-refractivity contribution in [2.24, 2.45) is 5.73 Å². The number of nitrogens with zero attached hydrogens (tertiary/aromatic N) is 1. The van der Waals surface area contributed by atoms with Gasteiger partial charge in [-0.1, -0.05) is 6.07 Å². The number of carbonyl (C=O) groups excluding carboxylic acids is 1. The molecule has 5 nitrogen and oxygen atoms in total. The summed E-state index contributed by atoms with van der Waals surface area (Å²) in [6, 6.07) is 7.69. The van der Waals surface area contributed by atoms with E-state index in [4.69, 9.17) is 16.2 Å². The number of anilines is 2. The number of ether oxygens (including phenoxy) is 1. The molecule has 1 amide bonds. The lowest BCUT2D eigenvalue weighted by atomic mass is 10.1. The molecule has 1 aliphatic rings. The summed E-state index contributed by atoms with van der Waals surface area (Å²) in [7, 11) is 0. The van der Waals surface area contributed by atoms with Gasteiger partial charge in [0, 0.05) is 24.5 Å². The zero-order valence-corrected chi connectivity index (χ0v) is 8.93. The number of amides is 1. The van der Waals surface area contributed by atoms with Crippen LogP contribution in [0.1, 0.15) is 0 Å². The molecule has 2 rings (SSSR count). The lowest BCUT2D eigenvalue weighted by molar-refractivity contribution is -0.124. The van der Waals surface area contributed by atoms with Gasteiger partial charge in [0.25, 0.3) is 0 Å². The number of primary amides is 1. The first-order valence-electron chi connectivity index (χ1n) is 5.15. The normalized spacial score (nSPS) is 15.9. The van der Waals surface area contributed by atoms with Crippen molar-refractivity contribution in [3.8, 4) is 0 Å². The average molecular weight is 221 g/mol. The van der Waals surface area contributed by atoms with Gasteiger partial charge in [-0.25, -0.2) is 0 Å². The maximum absolute atomic E-state index is 10.5. The van der Waals surface area contributed by atoms with Crippen LogP contribution < -0.4 is 16.4 Å². The minimum atomic E-state index is -0.428. The molecule has 16 heavy (non-hydrogen) atoms. The van der Waals surface area contributed by atoms with Crippen molar-refractivity contribution in [2.75, 3.05) is 30.3 Å². The molecule has 1 aromatic carbocycles. The largest absolute Gasteiger partial charge is 0.399 e. The molecule has 86 valence electrons. The van der Waals surface area contributed by atoms with E-state index in [-0.39, 0.29) is 12.7 Å². The standard InChI is InChI=1S/C11H15N3O2/c12-8-2-1-3-9(4-8)14-5-10(6-14)16-7-11(13)15/h1-4,10H,5-7,12H2,(H2,13,15). The molecule has 1 aliphatic heterocycles. The molecule has 0 radical (unpaired) electrons. The number of hydrogen-bond acceptors (Lipinski definition) is 4. The SMILES string of the molecule is NC(=O)COC1CN(c2cccc(N)c2)C1. The third-order valence-electron chi connectivity index (χ3n) is 2.54. The highest BCUT2D eigenvalue weighted by atomic mass is 16.5. The van der Waals surface area contributed by atoms with E-state index in [1.165, 1.54) is 0 Å². The van der Waals surface area contributed by atoms with Crippen LogP contribution in [-0.2, 0) is 9.53 Å². The minimum Gasteiger partial charge on any atom is -0.399 e. The molecular weight excluding hydrogens is 206 g/mol. The lowest BCUT2D eigenvalue weighted by Crippen LogP contribution is -2.53. The van der Waals surface area contributed by atoms with Crippen molar-refractivity contribution in [3.05, 3.63) is 24.3 Å². The van der Waals surface area contributed by atoms with E-state index < -0.39 is 5.91 Å². The van der Waals surface area contributed by atoms with Crippen LogP contribution in [0.2, 0.25) is 0 Å². The van der Waals surface area contributed by atoms with Crippen molar-refractivity contribution in [2.45, 2.75) is 6.10 Å². The van der Waals surface area contributed by atoms with Crippen molar-refractivity contribution in [1.82, 2.24) is 0 Å². The lowest BCUT2D eigenvalue weighted by Gasteiger charge is -2.40. The molecule has 0 spiro atoms. The molecule has 0 bridgehead atoms. The molecule has 0 aromatic heterocycles. The Kier molecular flexibility index (Phi) is 2.96. The molecule has 5 heteroatoms. The van der Waals surface area contributed by atoms with Gasteiger partial charge in [0.05, 0.1) is 6.10 Å². The fraction of sp³-hybridized carbons (Fsp3) is 0.364. The fourth-order valence-corrected chi connectivity index (χ4v) is 1.68. The number of carbonyl (C=O) groups is 1. The molecule has 1 fully saturated rings. The van der Waals surface area contributed by atoms with Gasteiger partial charge in [0.15, 0.2) is 0 Å². The Morgan fingerprint density at radius 1 is 1.50 bits per heavy atom. The molecule has 1 aromatic rings. The van der Waals surface area contributed by atoms with Crippen LogP contribution in [0.15, 0.2) is 24.3 Å². The molecule has 1 heterocycles. The highest BCUT2D eigenvalue weighted by Gasteiger charge is 2.27. The summed E-state index contributed by atoms with van der Waals surface area (Å²) in [5.74, 6) is -0.428. The predicted octanol–water partition coefficient (Wildman–Crippen LogP) is -0.0407. The second-order valence-electron chi connectivity index (χ2n) is 3.90. The van der Waals surface area contributed by atoms with Crippen LogP contribution in [0.3, 0.4) is 0 Å². The molecule has 4 N–H and O–H groups in total. The van der Waals surface area contributed by atoms with Crippen molar-refractivity contribution in [1.29, 1.82) is 0 Å². The summed E-state index contributed by atoms with van der Waals surface area (Å²) >= 11 is 0. The van der Waals surface area contributed by atoms with E-state index in [9.17, 15) is 4.79 Å². The van der Waals surface area contributed by atoms with Crippen LogP contribution in [-0.4, -0.2) is 31.7 Å². The quantitative estimate of drug-likeness (QED) is 0.699. The third kappa shape index (κ3) is 2.43. The van der Waals surface area contributed by atoms with Gasteiger partial charge in [-0.15, -0.1) is 0 Å². The van der Waals surface area contributed by atoms with Gasteiger partial charge in [-0.2, -0.15) is 0 Å². The maximum Gasteiger partial charge on any atom is 0.243 e. The molecular formula is C11H15N3O2. The maximum atomic E-state index is 10.5. The number of benzene rings is 1. The Morgan fingerprint density at radius 2 is 2.25 bits per heavy atom. The Hall–Kier alpha value is -1.75. The van der Waals surface area contributed by atoms with Crippen LogP contribution in [0.25, 0.3) is 0 Å². The number of nitrogens with two attached hydrogens (primary N) is 2. The second-order valence-corrected chi connectivity index (χ2v) is 3.90. The first kappa shape index (κ1) is 10.8. The molecule has 0 unspecified atom stereocenters. The van der Waals surface area contributed by atoms with Crippen molar-refractivity contribution < 1.29 is 9.53 Å². The summed E-state index contributed by atoms with van der Waals surface area (Å²) in [6.07, 6.45) is 0.0916. The first-order valence-corrected chi connectivity index (χ1v) is 5.15. The highest BCUT2D eigenvalue weighted by Crippen LogP contribution is 2.23. The summed E-state index contributed by atoms with van der Waals surface area (Å²) < 4.78 is 5.27. The molecule has 0 atom stereocenters. The van der Waals surface area contributed by atoms with Crippen molar-refractivity contribution >= 4 is 17.3 Å². The number of nitrogen functional groups attached to an aromatic ring is 1. The van der Waals surface area contributed by atoms with Gasteiger partial charge < -0.3 is 21.1 Å². The third-order valence-corrected chi connectivity index (χ3v) is 2.54. The van der Waals surface area contributed by atoms with Crippen LogP contribution >= 0.6 is 0 Å². The van der Waals surface area contributed by atoms with E-state index in [0.29, 0.717) is 0 Å². The first-order chi connectivity index (χ1) is 7.65. The van der Waals surface area contributed by atoms with Gasteiger partial charge in [-0.05, 0) is 18.2 Å². The molecule has 0 saturated carbocycles. The average Bonchev–Trinajstić information content (AvgIpc) is 2.14. The topological polar surface area (TPSA) is 81.6 Å².